The highest BCUT2D eigenvalue weighted by molar-refractivity contribution is 5.84. The molecule has 0 heterocycles. The number of carbonyl (C=O) groups excluding carboxylic acids is 2. The number of hydrogen-bond donors (Lipinski definition) is 2. The van der Waals surface area contributed by atoms with E-state index in [1.807, 2.05) is 20.8 Å². The molecule has 100 valence electrons. The van der Waals surface area contributed by atoms with Crippen LogP contribution in [0.3, 0.4) is 0 Å². The lowest BCUT2D eigenvalue weighted by atomic mass is 10.1. The first-order chi connectivity index (χ1) is 8.01. The molecule has 0 aliphatic rings. The predicted molar refractivity (Wildman–Crippen MR) is 68.4 cm³/mol. The third-order valence-electron chi connectivity index (χ3n) is 2.62. The molecule has 1 atom stereocenters. The second kappa shape index (κ2) is 8.98. The fraction of sp³-hybridized carbons (Fsp3) is 0.833. The van der Waals surface area contributed by atoms with Gasteiger partial charge in [-0.25, -0.2) is 0 Å². The first-order valence-electron chi connectivity index (χ1n) is 6.31. The molecule has 0 aliphatic heterocycles. The highest BCUT2D eigenvalue weighted by Gasteiger charge is 2.10. The van der Waals surface area contributed by atoms with E-state index >= 15 is 0 Å². The summed E-state index contributed by atoms with van der Waals surface area (Å²) in [7, 11) is 0. The van der Waals surface area contributed by atoms with Crippen molar-refractivity contribution < 1.29 is 9.59 Å². The molecule has 0 rings (SSSR count). The Hall–Kier alpha value is -1.10. The molecule has 17 heavy (non-hydrogen) atoms. The van der Waals surface area contributed by atoms with Crippen LogP contribution in [0.1, 0.15) is 40.0 Å². The Kier molecular flexibility index (Phi) is 8.40. The van der Waals surface area contributed by atoms with E-state index in [4.69, 9.17) is 5.73 Å². The topological polar surface area (TPSA) is 75.4 Å². The van der Waals surface area contributed by atoms with Crippen molar-refractivity contribution in [1.82, 2.24) is 10.2 Å². The molecule has 1 unspecified atom stereocenters. The van der Waals surface area contributed by atoms with E-state index in [-0.39, 0.29) is 24.4 Å². The maximum atomic E-state index is 11.6. The number of hydrogen-bond acceptors (Lipinski definition) is 3. The van der Waals surface area contributed by atoms with Gasteiger partial charge in [0.15, 0.2) is 0 Å². The highest BCUT2D eigenvalue weighted by Crippen LogP contribution is 1.98. The average molecular weight is 243 g/mol. The Morgan fingerprint density at radius 3 is 2.35 bits per heavy atom. The molecule has 0 saturated heterocycles. The normalized spacial score (nSPS) is 12.0. The molecule has 0 spiro atoms. The zero-order valence-electron chi connectivity index (χ0n) is 11.2. The first-order valence-corrected chi connectivity index (χ1v) is 6.31. The summed E-state index contributed by atoms with van der Waals surface area (Å²) in [5, 5.41) is 2.63. The number of nitrogens with zero attached hydrogens (tertiary/aromatic N) is 1. The monoisotopic (exact) mass is 243 g/mol. The van der Waals surface area contributed by atoms with Crippen LogP contribution in [0, 0.1) is 0 Å². The van der Waals surface area contributed by atoms with Crippen LogP contribution in [-0.2, 0) is 9.59 Å². The summed E-state index contributed by atoms with van der Waals surface area (Å²) < 4.78 is 0. The minimum absolute atomic E-state index is 0.0319. The number of likely N-dealkylation sites (N-methyl/N-ethyl adjacent to an activating group) is 1. The Bertz CT molecular complexity index is 238. The van der Waals surface area contributed by atoms with Gasteiger partial charge >= 0.3 is 0 Å². The zero-order valence-corrected chi connectivity index (χ0v) is 11.2. The summed E-state index contributed by atoms with van der Waals surface area (Å²) in [5.41, 5.74) is 5.58. The van der Waals surface area contributed by atoms with Gasteiger partial charge in [0.2, 0.25) is 11.8 Å². The summed E-state index contributed by atoms with van der Waals surface area (Å²) in [6, 6.07) is 0.125. The van der Waals surface area contributed by atoms with E-state index in [0.29, 0.717) is 19.5 Å². The SMILES string of the molecule is CCN(CC)C(=O)CNC(=O)CCCC(C)N. The summed E-state index contributed by atoms with van der Waals surface area (Å²) in [5.74, 6) is -0.110. The second-order valence-electron chi connectivity index (χ2n) is 4.21. The van der Waals surface area contributed by atoms with E-state index in [9.17, 15) is 9.59 Å². The lowest BCUT2D eigenvalue weighted by Gasteiger charge is -2.18. The maximum absolute atomic E-state index is 11.6. The van der Waals surface area contributed by atoms with Gasteiger partial charge in [0.25, 0.3) is 0 Å². The van der Waals surface area contributed by atoms with Gasteiger partial charge in [-0.05, 0) is 33.6 Å². The summed E-state index contributed by atoms with van der Waals surface area (Å²) in [4.78, 5) is 24.7. The van der Waals surface area contributed by atoms with E-state index in [1.54, 1.807) is 4.90 Å². The lowest BCUT2D eigenvalue weighted by molar-refractivity contribution is -0.132. The Morgan fingerprint density at radius 2 is 1.88 bits per heavy atom. The Labute approximate surface area is 104 Å². The van der Waals surface area contributed by atoms with Gasteiger partial charge in [0.05, 0.1) is 6.54 Å². The Balaban J connectivity index is 3.72. The van der Waals surface area contributed by atoms with Crippen molar-refractivity contribution in [2.45, 2.75) is 46.1 Å². The molecule has 0 aromatic carbocycles. The number of nitrogens with two attached hydrogens (primary N) is 1. The van der Waals surface area contributed by atoms with Crippen LogP contribution in [0.5, 0.6) is 0 Å². The van der Waals surface area contributed by atoms with Gasteiger partial charge in [0.1, 0.15) is 0 Å². The average Bonchev–Trinajstić information content (AvgIpc) is 2.27. The van der Waals surface area contributed by atoms with Gasteiger partial charge in [-0.1, -0.05) is 0 Å². The van der Waals surface area contributed by atoms with Crippen LogP contribution >= 0.6 is 0 Å². The number of rotatable bonds is 8. The summed E-state index contributed by atoms with van der Waals surface area (Å²) in [6.45, 7) is 7.21. The van der Waals surface area contributed by atoms with E-state index in [2.05, 4.69) is 5.32 Å². The molecule has 0 saturated carbocycles. The molecule has 0 aromatic rings. The van der Waals surface area contributed by atoms with Crippen molar-refractivity contribution in [3.05, 3.63) is 0 Å². The van der Waals surface area contributed by atoms with E-state index < -0.39 is 0 Å². The molecule has 3 N–H and O–H groups in total. The van der Waals surface area contributed by atoms with Crippen LogP contribution < -0.4 is 11.1 Å². The maximum Gasteiger partial charge on any atom is 0.241 e. The molecule has 0 fully saturated rings. The molecular weight excluding hydrogens is 218 g/mol. The molecule has 0 radical (unpaired) electrons. The number of carbonyl (C=O) groups is 2. The molecule has 2 amide bonds. The summed E-state index contributed by atoms with van der Waals surface area (Å²) in [6.07, 6.45) is 2.04. The van der Waals surface area contributed by atoms with E-state index in [1.165, 1.54) is 0 Å². The molecule has 5 heteroatoms. The molecule has 0 bridgehead atoms. The lowest BCUT2D eigenvalue weighted by Crippen LogP contribution is -2.39. The van der Waals surface area contributed by atoms with Crippen molar-refractivity contribution >= 4 is 11.8 Å². The molecular formula is C12H25N3O2. The second-order valence-corrected chi connectivity index (χ2v) is 4.21. The van der Waals surface area contributed by atoms with Crippen molar-refractivity contribution in [1.29, 1.82) is 0 Å². The van der Waals surface area contributed by atoms with Crippen LogP contribution in [0.25, 0.3) is 0 Å². The highest BCUT2D eigenvalue weighted by atomic mass is 16.2. The van der Waals surface area contributed by atoms with Gasteiger partial charge in [-0.15, -0.1) is 0 Å². The third kappa shape index (κ3) is 7.74. The third-order valence-corrected chi connectivity index (χ3v) is 2.62. The molecule has 0 aliphatic carbocycles. The summed E-state index contributed by atoms with van der Waals surface area (Å²) >= 11 is 0. The van der Waals surface area contributed by atoms with Crippen LogP contribution in [0.2, 0.25) is 0 Å². The smallest absolute Gasteiger partial charge is 0.241 e. The van der Waals surface area contributed by atoms with Crippen molar-refractivity contribution in [2.24, 2.45) is 5.73 Å². The predicted octanol–water partition coefficient (Wildman–Crippen LogP) is 0.489. The van der Waals surface area contributed by atoms with Crippen molar-refractivity contribution in [3.63, 3.8) is 0 Å². The molecule has 5 nitrogen and oxygen atoms in total. The Morgan fingerprint density at radius 1 is 1.29 bits per heavy atom. The van der Waals surface area contributed by atoms with Gasteiger partial charge in [-0.2, -0.15) is 0 Å². The van der Waals surface area contributed by atoms with Crippen molar-refractivity contribution in [3.8, 4) is 0 Å². The van der Waals surface area contributed by atoms with Gasteiger partial charge < -0.3 is 16.0 Å². The number of nitrogens with one attached hydrogen (secondary N) is 1. The minimum Gasteiger partial charge on any atom is -0.347 e. The zero-order chi connectivity index (χ0) is 13.3. The standard InChI is InChI=1S/C12H25N3O2/c1-4-15(5-2)12(17)9-14-11(16)8-6-7-10(3)13/h10H,4-9,13H2,1-3H3,(H,14,16). The van der Waals surface area contributed by atoms with Gasteiger partial charge in [0, 0.05) is 25.6 Å². The van der Waals surface area contributed by atoms with Crippen LogP contribution in [0.4, 0.5) is 0 Å². The van der Waals surface area contributed by atoms with E-state index in [0.717, 1.165) is 12.8 Å². The number of amides is 2. The molecule has 0 aromatic heterocycles. The quantitative estimate of drug-likeness (QED) is 0.651. The largest absolute Gasteiger partial charge is 0.347 e. The first kappa shape index (κ1) is 15.9. The fourth-order valence-corrected chi connectivity index (χ4v) is 1.54. The van der Waals surface area contributed by atoms with Crippen LogP contribution in [-0.4, -0.2) is 42.4 Å². The van der Waals surface area contributed by atoms with Crippen molar-refractivity contribution in [2.75, 3.05) is 19.6 Å². The van der Waals surface area contributed by atoms with Gasteiger partial charge in [-0.3, -0.25) is 9.59 Å². The minimum atomic E-state index is -0.0776. The fourth-order valence-electron chi connectivity index (χ4n) is 1.54. The van der Waals surface area contributed by atoms with Crippen LogP contribution in [0.15, 0.2) is 0 Å².